The number of hydrogen-bond acceptors (Lipinski definition) is 5. The van der Waals surface area contributed by atoms with Crippen LogP contribution in [0, 0.1) is 5.92 Å². The average molecular weight is 482 g/mol. The van der Waals surface area contributed by atoms with Crippen LogP contribution in [0.2, 0.25) is 0 Å². The van der Waals surface area contributed by atoms with E-state index in [0.717, 1.165) is 11.1 Å². The third kappa shape index (κ3) is 10.00. The minimum Gasteiger partial charge on any atom is -0.508 e. The Kier molecular flexibility index (Phi) is 10.9. The molecular formula is C27H35N3O5. The lowest BCUT2D eigenvalue weighted by Crippen LogP contribution is -2.55. The van der Waals surface area contributed by atoms with E-state index in [0.29, 0.717) is 25.0 Å². The molecular weight excluding hydrogens is 446 g/mol. The van der Waals surface area contributed by atoms with Crippen molar-refractivity contribution in [2.75, 3.05) is 0 Å². The van der Waals surface area contributed by atoms with Gasteiger partial charge in [0.15, 0.2) is 0 Å². The Morgan fingerprint density at radius 2 is 1.40 bits per heavy atom. The van der Waals surface area contributed by atoms with Gasteiger partial charge in [0.2, 0.25) is 17.7 Å². The van der Waals surface area contributed by atoms with Crippen LogP contribution >= 0.6 is 0 Å². The van der Waals surface area contributed by atoms with Gasteiger partial charge in [0.25, 0.3) is 0 Å². The van der Waals surface area contributed by atoms with Gasteiger partial charge in [0.05, 0.1) is 6.04 Å². The Bertz CT molecular complexity index is 976. The van der Waals surface area contributed by atoms with Crippen molar-refractivity contribution in [3.63, 3.8) is 0 Å². The molecule has 0 saturated carbocycles. The number of benzene rings is 2. The molecule has 188 valence electrons. The molecule has 0 bridgehead atoms. The molecule has 0 spiro atoms. The normalized spacial score (nSPS) is 13.4. The van der Waals surface area contributed by atoms with Gasteiger partial charge >= 0.3 is 0 Å². The van der Waals surface area contributed by atoms with Crippen LogP contribution in [0.4, 0.5) is 0 Å². The number of aromatic hydroxyl groups is 1. The molecule has 0 aliphatic heterocycles. The summed E-state index contributed by atoms with van der Waals surface area (Å²) >= 11 is 0. The molecule has 2 aromatic rings. The molecule has 0 aromatic heterocycles. The summed E-state index contributed by atoms with van der Waals surface area (Å²) in [7, 11) is 0. The van der Waals surface area contributed by atoms with Gasteiger partial charge in [0, 0.05) is 13.3 Å². The maximum absolute atomic E-state index is 13.1. The Hall–Kier alpha value is -3.68. The highest BCUT2D eigenvalue weighted by molar-refractivity contribution is 5.92. The number of nitrogens with one attached hydrogen (secondary N) is 3. The van der Waals surface area contributed by atoms with E-state index in [2.05, 4.69) is 16.0 Å². The molecule has 2 rings (SSSR count). The fourth-order valence-corrected chi connectivity index (χ4v) is 3.65. The van der Waals surface area contributed by atoms with Crippen molar-refractivity contribution in [3.8, 4) is 5.75 Å². The van der Waals surface area contributed by atoms with Crippen LogP contribution in [0.3, 0.4) is 0 Å². The first-order valence-electron chi connectivity index (χ1n) is 11.8. The van der Waals surface area contributed by atoms with E-state index in [1.54, 1.807) is 12.1 Å². The van der Waals surface area contributed by atoms with Crippen LogP contribution in [0.1, 0.15) is 44.7 Å². The van der Waals surface area contributed by atoms with E-state index in [-0.39, 0.29) is 24.5 Å². The lowest BCUT2D eigenvalue weighted by Gasteiger charge is -2.25. The summed E-state index contributed by atoms with van der Waals surface area (Å²) < 4.78 is 0. The molecule has 8 heteroatoms. The van der Waals surface area contributed by atoms with Crippen LogP contribution in [0.5, 0.6) is 5.75 Å². The largest absolute Gasteiger partial charge is 0.508 e. The minimum atomic E-state index is -0.862. The summed E-state index contributed by atoms with van der Waals surface area (Å²) in [5.74, 6) is -0.859. The zero-order valence-corrected chi connectivity index (χ0v) is 20.5. The molecule has 0 heterocycles. The van der Waals surface area contributed by atoms with Gasteiger partial charge in [-0.3, -0.25) is 14.4 Å². The third-order valence-corrected chi connectivity index (χ3v) is 5.53. The topological polar surface area (TPSA) is 125 Å². The zero-order chi connectivity index (χ0) is 25.8. The van der Waals surface area contributed by atoms with Crippen molar-refractivity contribution in [1.29, 1.82) is 0 Å². The Labute approximate surface area is 206 Å². The van der Waals surface area contributed by atoms with E-state index < -0.39 is 29.9 Å². The standard InChI is InChI=1S/C27H35N3O5/c1-18(2)9-14-24(26(34)29-22(17-31)15-21-10-12-23(33)13-11-21)30-27(35)25(28-19(3)32)16-20-7-5-4-6-8-20/h4-8,10-13,17-18,22,24-25,33H,9,14-16H2,1-3H3,(H,28,32)(H,29,34)(H,30,35)/t22-,24-,25-/m0/s1. The van der Waals surface area contributed by atoms with Crippen molar-refractivity contribution in [2.45, 2.75) is 64.6 Å². The fraction of sp³-hybridized carbons (Fsp3) is 0.407. The summed E-state index contributed by atoms with van der Waals surface area (Å²) in [5, 5.41) is 17.6. The molecule has 0 unspecified atom stereocenters. The maximum Gasteiger partial charge on any atom is 0.243 e. The number of aldehydes is 1. The lowest BCUT2D eigenvalue weighted by atomic mass is 10.0. The number of phenolic OH excluding ortho intramolecular Hbond substituents is 1. The molecule has 0 radical (unpaired) electrons. The van der Waals surface area contributed by atoms with E-state index in [1.807, 2.05) is 44.2 Å². The monoisotopic (exact) mass is 481 g/mol. The van der Waals surface area contributed by atoms with Crippen LogP contribution in [0.25, 0.3) is 0 Å². The molecule has 35 heavy (non-hydrogen) atoms. The highest BCUT2D eigenvalue weighted by Gasteiger charge is 2.27. The second-order valence-corrected chi connectivity index (χ2v) is 9.10. The summed E-state index contributed by atoms with van der Waals surface area (Å²) in [6.45, 7) is 5.38. The van der Waals surface area contributed by atoms with Crippen molar-refractivity contribution in [2.24, 2.45) is 5.92 Å². The van der Waals surface area contributed by atoms with E-state index >= 15 is 0 Å². The Balaban J connectivity index is 2.12. The SMILES string of the molecule is CC(=O)N[C@@H](Cc1ccccc1)C(=O)N[C@@H](CCC(C)C)C(=O)N[C@H](C=O)Cc1ccc(O)cc1. The summed E-state index contributed by atoms with van der Waals surface area (Å²) in [4.78, 5) is 49.6. The van der Waals surface area contributed by atoms with Crippen LogP contribution < -0.4 is 16.0 Å². The molecule has 4 N–H and O–H groups in total. The lowest BCUT2D eigenvalue weighted by molar-refractivity contribution is -0.132. The first-order chi connectivity index (χ1) is 16.7. The first-order valence-corrected chi connectivity index (χ1v) is 11.8. The summed E-state index contributed by atoms with van der Waals surface area (Å²) in [6.07, 6.45) is 2.26. The van der Waals surface area contributed by atoms with Gasteiger partial charge in [-0.15, -0.1) is 0 Å². The number of hydrogen-bond donors (Lipinski definition) is 4. The Morgan fingerprint density at radius 3 is 1.97 bits per heavy atom. The van der Waals surface area contributed by atoms with Gasteiger partial charge in [-0.1, -0.05) is 56.3 Å². The van der Waals surface area contributed by atoms with E-state index in [4.69, 9.17) is 0 Å². The van der Waals surface area contributed by atoms with Crippen molar-refractivity contribution in [3.05, 3.63) is 65.7 Å². The maximum atomic E-state index is 13.1. The average Bonchev–Trinajstić information content (AvgIpc) is 2.82. The quantitative estimate of drug-likeness (QED) is 0.327. The fourth-order valence-electron chi connectivity index (χ4n) is 3.65. The predicted molar refractivity (Wildman–Crippen MR) is 134 cm³/mol. The minimum absolute atomic E-state index is 0.112. The summed E-state index contributed by atoms with van der Waals surface area (Å²) in [6, 6.07) is 13.2. The molecule has 8 nitrogen and oxygen atoms in total. The molecule has 0 aliphatic carbocycles. The van der Waals surface area contributed by atoms with E-state index in [1.165, 1.54) is 19.1 Å². The number of amides is 3. The van der Waals surface area contributed by atoms with E-state index in [9.17, 15) is 24.3 Å². The van der Waals surface area contributed by atoms with Crippen LogP contribution in [-0.2, 0) is 32.0 Å². The molecule has 3 atom stereocenters. The van der Waals surface area contributed by atoms with Gasteiger partial charge in [0.1, 0.15) is 24.1 Å². The number of carbonyl (C=O) groups is 4. The van der Waals surface area contributed by atoms with Crippen molar-refractivity contribution in [1.82, 2.24) is 16.0 Å². The molecule has 2 aromatic carbocycles. The second kappa shape index (κ2) is 13.9. The molecule has 0 aliphatic rings. The van der Waals surface area contributed by atoms with Gasteiger partial charge in [-0.2, -0.15) is 0 Å². The van der Waals surface area contributed by atoms with Crippen LogP contribution in [-0.4, -0.2) is 47.2 Å². The summed E-state index contributed by atoms with van der Waals surface area (Å²) in [5.41, 5.74) is 1.65. The van der Waals surface area contributed by atoms with Gasteiger partial charge < -0.3 is 25.9 Å². The third-order valence-electron chi connectivity index (χ3n) is 5.53. The number of carbonyl (C=O) groups excluding carboxylic acids is 4. The Morgan fingerprint density at radius 1 is 0.800 bits per heavy atom. The highest BCUT2D eigenvalue weighted by Crippen LogP contribution is 2.12. The van der Waals surface area contributed by atoms with Crippen molar-refractivity contribution >= 4 is 24.0 Å². The first kappa shape index (κ1) is 27.6. The number of phenols is 1. The molecule has 0 fully saturated rings. The molecule has 0 saturated heterocycles. The highest BCUT2D eigenvalue weighted by atomic mass is 16.3. The number of rotatable bonds is 13. The van der Waals surface area contributed by atoms with Crippen molar-refractivity contribution < 1.29 is 24.3 Å². The smallest absolute Gasteiger partial charge is 0.243 e. The second-order valence-electron chi connectivity index (χ2n) is 9.10. The molecule has 3 amide bonds. The zero-order valence-electron chi connectivity index (χ0n) is 20.5. The predicted octanol–water partition coefficient (Wildman–Crippen LogP) is 2.29. The van der Waals surface area contributed by atoms with Gasteiger partial charge in [-0.25, -0.2) is 0 Å². The van der Waals surface area contributed by atoms with Gasteiger partial charge in [-0.05, 0) is 48.4 Å². The van der Waals surface area contributed by atoms with Crippen LogP contribution in [0.15, 0.2) is 54.6 Å².